The standard InChI is InChI=1S/C18H27NO4/c1-13(10-11-19(5)17(22)23-18(2,3)4)12-14-6-8-15(9-7-14)16(20)21/h6-9,13H,10-12H2,1-5H3,(H,20,21). The van der Waals surface area contributed by atoms with Crippen LogP contribution in [0.15, 0.2) is 24.3 Å². The number of carboxylic acids is 1. The summed E-state index contributed by atoms with van der Waals surface area (Å²) < 4.78 is 5.32. The molecule has 0 radical (unpaired) electrons. The fourth-order valence-corrected chi connectivity index (χ4v) is 2.13. The minimum atomic E-state index is -0.913. The third kappa shape index (κ3) is 7.17. The summed E-state index contributed by atoms with van der Waals surface area (Å²) in [7, 11) is 1.74. The van der Waals surface area contributed by atoms with E-state index in [-0.39, 0.29) is 6.09 Å². The van der Waals surface area contributed by atoms with Gasteiger partial charge in [-0.2, -0.15) is 0 Å². The Kier molecular flexibility index (Phi) is 6.61. The minimum absolute atomic E-state index is 0.297. The lowest BCUT2D eigenvalue weighted by atomic mass is 9.97. The summed E-state index contributed by atoms with van der Waals surface area (Å²) in [6.07, 6.45) is 1.40. The lowest BCUT2D eigenvalue weighted by molar-refractivity contribution is 0.0291. The van der Waals surface area contributed by atoms with E-state index in [1.807, 2.05) is 32.9 Å². The molecule has 0 heterocycles. The van der Waals surface area contributed by atoms with Gasteiger partial charge in [-0.05, 0) is 57.2 Å². The van der Waals surface area contributed by atoms with Gasteiger partial charge in [-0.25, -0.2) is 9.59 Å². The van der Waals surface area contributed by atoms with Gasteiger partial charge in [-0.3, -0.25) is 0 Å². The summed E-state index contributed by atoms with van der Waals surface area (Å²) in [5.74, 6) is -0.529. The second-order valence-corrected chi connectivity index (χ2v) is 7.00. The Morgan fingerprint density at radius 3 is 2.26 bits per heavy atom. The highest BCUT2D eigenvalue weighted by atomic mass is 16.6. The van der Waals surface area contributed by atoms with E-state index in [4.69, 9.17) is 9.84 Å². The SMILES string of the molecule is CC(CCN(C)C(=O)OC(C)(C)C)Cc1ccc(C(=O)O)cc1. The van der Waals surface area contributed by atoms with Gasteiger partial charge in [0.25, 0.3) is 0 Å². The normalized spacial score (nSPS) is 12.6. The van der Waals surface area contributed by atoms with E-state index in [0.29, 0.717) is 18.0 Å². The van der Waals surface area contributed by atoms with Crippen molar-refractivity contribution in [1.82, 2.24) is 4.90 Å². The van der Waals surface area contributed by atoms with Crippen LogP contribution < -0.4 is 0 Å². The second-order valence-electron chi connectivity index (χ2n) is 7.00. The molecule has 23 heavy (non-hydrogen) atoms. The van der Waals surface area contributed by atoms with Gasteiger partial charge in [-0.1, -0.05) is 19.1 Å². The number of carbonyl (C=O) groups is 2. The molecule has 0 spiro atoms. The fourth-order valence-electron chi connectivity index (χ4n) is 2.13. The Hall–Kier alpha value is -2.04. The van der Waals surface area contributed by atoms with Crippen molar-refractivity contribution in [2.45, 2.75) is 46.1 Å². The Morgan fingerprint density at radius 1 is 1.22 bits per heavy atom. The van der Waals surface area contributed by atoms with Crippen LogP contribution in [0.1, 0.15) is 50.0 Å². The molecule has 1 aromatic carbocycles. The molecule has 0 aromatic heterocycles. The number of carbonyl (C=O) groups excluding carboxylic acids is 1. The smallest absolute Gasteiger partial charge is 0.410 e. The molecule has 1 aromatic rings. The second kappa shape index (κ2) is 7.99. The maximum absolute atomic E-state index is 11.9. The maximum atomic E-state index is 11.9. The number of hydrogen-bond acceptors (Lipinski definition) is 3. The van der Waals surface area contributed by atoms with E-state index in [1.165, 1.54) is 0 Å². The summed E-state index contributed by atoms with van der Waals surface area (Å²) in [5, 5.41) is 8.89. The van der Waals surface area contributed by atoms with E-state index >= 15 is 0 Å². The molecule has 1 atom stereocenters. The molecule has 0 bridgehead atoms. The van der Waals surface area contributed by atoms with E-state index in [2.05, 4.69) is 6.92 Å². The zero-order chi connectivity index (χ0) is 17.6. The predicted octanol–water partition coefficient (Wildman–Crippen LogP) is 3.82. The van der Waals surface area contributed by atoms with E-state index in [0.717, 1.165) is 18.4 Å². The summed E-state index contributed by atoms with van der Waals surface area (Å²) in [6, 6.07) is 6.93. The highest BCUT2D eigenvalue weighted by molar-refractivity contribution is 5.87. The fraction of sp³-hybridized carbons (Fsp3) is 0.556. The molecule has 1 amide bonds. The molecular formula is C18H27NO4. The topological polar surface area (TPSA) is 66.8 Å². The molecule has 0 aliphatic heterocycles. The molecule has 128 valence electrons. The van der Waals surface area contributed by atoms with Gasteiger partial charge in [0.15, 0.2) is 0 Å². The average molecular weight is 321 g/mol. The zero-order valence-corrected chi connectivity index (χ0v) is 14.6. The van der Waals surface area contributed by atoms with Crippen LogP contribution in [0.3, 0.4) is 0 Å². The number of rotatable bonds is 6. The first-order valence-electron chi connectivity index (χ1n) is 7.85. The van der Waals surface area contributed by atoms with Crippen LogP contribution in [-0.4, -0.2) is 41.3 Å². The van der Waals surface area contributed by atoms with Crippen LogP contribution in [0.25, 0.3) is 0 Å². The maximum Gasteiger partial charge on any atom is 0.410 e. The molecule has 0 aliphatic rings. The van der Waals surface area contributed by atoms with Crippen molar-refractivity contribution in [2.75, 3.05) is 13.6 Å². The van der Waals surface area contributed by atoms with Crippen molar-refractivity contribution in [3.8, 4) is 0 Å². The van der Waals surface area contributed by atoms with Crippen LogP contribution in [-0.2, 0) is 11.2 Å². The molecule has 0 saturated carbocycles. The van der Waals surface area contributed by atoms with Crippen LogP contribution in [0, 0.1) is 5.92 Å². The number of hydrogen-bond donors (Lipinski definition) is 1. The van der Waals surface area contributed by atoms with Crippen LogP contribution in [0.2, 0.25) is 0 Å². The molecule has 1 N–H and O–H groups in total. The molecule has 0 fully saturated rings. The van der Waals surface area contributed by atoms with Gasteiger partial charge < -0.3 is 14.7 Å². The Balaban J connectivity index is 2.43. The van der Waals surface area contributed by atoms with Gasteiger partial charge in [0.05, 0.1) is 5.56 Å². The third-order valence-corrected chi connectivity index (χ3v) is 3.45. The lowest BCUT2D eigenvalue weighted by Crippen LogP contribution is -2.35. The average Bonchev–Trinajstić information content (AvgIpc) is 2.43. The van der Waals surface area contributed by atoms with E-state index in [9.17, 15) is 9.59 Å². The summed E-state index contributed by atoms with van der Waals surface area (Å²) in [5.41, 5.74) is 0.913. The number of amides is 1. The van der Waals surface area contributed by atoms with Crippen molar-refractivity contribution >= 4 is 12.1 Å². The van der Waals surface area contributed by atoms with Crippen molar-refractivity contribution in [1.29, 1.82) is 0 Å². The van der Waals surface area contributed by atoms with Crippen LogP contribution in [0.5, 0.6) is 0 Å². The van der Waals surface area contributed by atoms with Crippen molar-refractivity contribution in [2.24, 2.45) is 5.92 Å². The largest absolute Gasteiger partial charge is 0.478 e. The summed E-state index contributed by atoms with van der Waals surface area (Å²) in [4.78, 5) is 24.3. The van der Waals surface area contributed by atoms with Crippen molar-refractivity contribution in [3.05, 3.63) is 35.4 Å². The molecule has 1 unspecified atom stereocenters. The van der Waals surface area contributed by atoms with E-state index in [1.54, 1.807) is 24.1 Å². The Morgan fingerprint density at radius 2 is 1.78 bits per heavy atom. The first kappa shape index (κ1) is 19.0. The van der Waals surface area contributed by atoms with Gasteiger partial charge in [-0.15, -0.1) is 0 Å². The Labute approximate surface area is 138 Å². The number of carboxylic acid groups (broad SMARTS) is 1. The van der Waals surface area contributed by atoms with Gasteiger partial charge >= 0.3 is 12.1 Å². The number of benzene rings is 1. The lowest BCUT2D eigenvalue weighted by Gasteiger charge is -2.25. The van der Waals surface area contributed by atoms with Crippen molar-refractivity contribution < 1.29 is 19.4 Å². The molecular weight excluding hydrogens is 294 g/mol. The van der Waals surface area contributed by atoms with Crippen molar-refractivity contribution in [3.63, 3.8) is 0 Å². The quantitative estimate of drug-likeness (QED) is 0.865. The summed E-state index contributed by atoms with van der Waals surface area (Å²) in [6.45, 7) is 8.30. The highest BCUT2D eigenvalue weighted by Crippen LogP contribution is 2.15. The molecule has 1 rings (SSSR count). The Bertz CT molecular complexity index is 531. The number of aromatic carboxylic acids is 1. The first-order chi connectivity index (χ1) is 10.6. The first-order valence-corrected chi connectivity index (χ1v) is 7.85. The zero-order valence-electron chi connectivity index (χ0n) is 14.6. The molecule has 0 aliphatic carbocycles. The summed E-state index contributed by atoms with van der Waals surface area (Å²) >= 11 is 0. The number of nitrogens with zero attached hydrogens (tertiary/aromatic N) is 1. The highest BCUT2D eigenvalue weighted by Gasteiger charge is 2.19. The van der Waals surface area contributed by atoms with Gasteiger partial charge in [0, 0.05) is 13.6 Å². The minimum Gasteiger partial charge on any atom is -0.478 e. The van der Waals surface area contributed by atoms with Gasteiger partial charge in [0.1, 0.15) is 5.60 Å². The van der Waals surface area contributed by atoms with Crippen LogP contribution in [0.4, 0.5) is 4.79 Å². The molecule has 0 saturated heterocycles. The van der Waals surface area contributed by atoms with Crippen LogP contribution >= 0.6 is 0 Å². The monoisotopic (exact) mass is 321 g/mol. The van der Waals surface area contributed by atoms with Gasteiger partial charge in [0.2, 0.25) is 0 Å². The van der Waals surface area contributed by atoms with E-state index < -0.39 is 11.6 Å². The number of ether oxygens (including phenoxy) is 1. The predicted molar refractivity (Wildman–Crippen MR) is 89.8 cm³/mol. The molecule has 5 nitrogen and oxygen atoms in total. The molecule has 5 heteroatoms. The third-order valence-electron chi connectivity index (χ3n) is 3.45.